The second-order valence-corrected chi connectivity index (χ2v) is 3.70. The fourth-order valence-corrected chi connectivity index (χ4v) is 1.61. The first-order chi connectivity index (χ1) is 6.47. The van der Waals surface area contributed by atoms with Crippen LogP contribution in [0.5, 0.6) is 5.75 Å². The number of phenolic OH excluding ortho intramolecular Hbond substituents is 1. The van der Waals surface area contributed by atoms with Gasteiger partial charge in [-0.15, -0.1) is 0 Å². The molecule has 0 saturated carbocycles. The van der Waals surface area contributed by atoms with E-state index < -0.39 is 19.0 Å². The van der Waals surface area contributed by atoms with Crippen LogP contribution in [0.25, 0.3) is 0 Å². The molecule has 0 aliphatic rings. The van der Waals surface area contributed by atoms with Crippen LogP contribution < -0.4 is 0 Å². The second kappa shape index (κ2) is 4.23. The number of halogens is 3. The molecule has 0 spiro atoms. The Hall–Kier alpha value is -0.680. The third-order valence-corrected chi connectivity index (χ3v) is 2.46. The Morgan fingerprint density at radius 3 is 2.57 bits per heavy atom. The molecule has 1 aromatic rings. The van der Waals surface area contributed by atoms with Crippen LogP contribution in [0.4, 0.5) is 8.78 Å². The molecule has 1 aromatic carbocycles. The monoisotopic (exact) mass is 266 g/mol. The smallest absolute Gasteiger partial charge is 0.276 e. The minimum absolute atomic E-state index is 0.216. The van der Waals surface area contributed by atoms with Gasteiger partial charge in [0.15, 0.2) is 0 Å². The predicted octanol–water partition coefficient (Wildman–Crippen LogP) is 2.63. The fraction of sp³-hybridized carbons (Fsp3) is 0.333. The lowest BCUT2D eigenvalue weighted by atomic mass is 10.1. The number of aliphatic hydroxyl groups excluding tert-OH is 1. The van der Waals surface area contributed by atoms with Gasteiger partial charge in [-0.05, 0) is 18.2 Å². The molecule has 0 saturated heterocycles. The van der Waals surface area contributed by atoms with E-state index in [1.54, 1.807) is 0 Å². The first-order valence-electron chi connectivity index (χ1n) is 3.95. The van der Waals surface area contributed by atoms with Crippen molar-refractivity contribution in [3.63, 3.8) is 0 Å². The van der Waals surface area contributed by atoms with E-state index in [-0.39, 0.29) is 15.8 Å². The van der Waals surface area contributed by atoms with Crippen LogP contribution >= 0.6 is 15.9 Å². The molecule has 78 valence electrons. The molecule has 0 atom stereocenters. The van der Waals surface area contributed by atoms with Gasteiger partial charge in [0.2, 0.25) is 0 Å². The number of aliphatic hydroxyl groups is 1. The van der Waals surface area contributed by atoms with Crippen LogP contribution in [0.15, 0.2) is 22.7 Å². The van der Waals surface area contributed by atoms with E-state index in [1.807, 2.05) is 0 Å². The molecular weight excluding hydrogens is 258 g/mol. The van der Waals surface area contributed by atoms with Gasteiger partial charge >= 0.3 is 0 Å². The number of hydrogen-bond acceptors (Lipinski definition) is 2. The highest BCUT2D eigenvalue weighted by molar-refractivity contribution is 9.10. The van der Waals surface area contributed by atoms with Gasteiger partial charge in [0, 0.05) is 23.1 Å². The van der Waals surface area contributed by atoms with Crippen LogP contribution in [0.3, 0.4) is 0 Å². The molecule has 0 aromatic heterocycles. The van der Waals surface area contributed by atoms with E-state index in [9.17, 15) is 8.78 Å². The maximum Gasteiger partial charge on any atom is 0.276 e. The van der Waals surface area contributed by atoms with Crippen LogP contribution in [0.1, 0.15) is 12.0 Å². The summed E-state index contributed by atoms with van der Waals surface area (Å²) in [6.45, 7) is -0.602. The Kier molecular flexibility index (Phi) is 3.44. The molecule has 0 radical (unpaired) electrons. The highest BCUT2D eigenvalue weighted by atomic mass is 79.9. The van der Waals surface area contributed by atoms with Crippen LogP contribution in [0.2, 0.25) is 0 Å². The molecule has 0 fully saturated rings. The predicted molar refractivity (Wildman–Crippen MR) is 51.4 cm³/mol. The molecule has 2 nitrogen and oxygen atoms in total. The largest absolute Gasteiger partial charge is 0.508 e. The van der Waals surface area contributed by atoms with Crippen molar-refractivity contribution in [3.05, 3.63) is 28.2 Å². The van der Waals surface area contributed by atoms with Crippen molar-refractivity contribution in [2.75, 3.05) is 6.61 Å². The summed E-state index contributed by atoms with van der Waals surface area (Å²) in [6, 6.07) is 3.64. The molecular formula is C9H9BrF2O2. The summed E-state index contributed by atoms with van der Waals surface area (Å²) in [6.07, 6.45) is -0.658. The summed E-state index contributed by atoms with van der Waals surface area (Å²) in [5.74, 6) is -3.35. The van der Waals surface area contributed by atoms with E-state index in [0.29, 0.717) is 0 Å². The lowest BCUT2D eigenvalue weighted by molar-refractivity contribution is -0.0277. The van der Waals surface area contributed by atoms with E-state index in [0.717, 1.165) is 6.07 Å². The number of aromatic hydroxyl groups is 1. The first-order valence-corrected chi connectivity index (χ1v) is 4.74. The summed E-state index contributed by atoms with van der Waals surface area (Å²) in [4.78, 5) is 0. The van der Waals surface area contributed by atoms with Gasteiger partial charge in [0.25, 0.3) is 5.92 Å². The maximum atomic E-state index is 13.3. The Labute approximate surface area is 88.3 Å². The zero-order chi connectivity index (χ0) is 10.8. The van der Waals surface area contributed by atoms with Gasteiger partial charge in [-0.1, -0.05) is 15.9 Å². The molecule has 0 amide bonds. The van der Waals surface area contributed by atoms with Gasteiger partial charge in [-0.2, -0.15) is 0 Å². The van der Waals surface area contributed by atoms with Crippen molar-refractivity contribution in [1.29, 1.82) is 0 Å². The molecule has 14 heavy (non-hydrogen) atoms. The first kappa shape index (κ1) is 11.4. The SMILES string of the molecule is OCCC(F)(F)c1cc(O)ccc1Br. The van der Waals surface area contributed by atoms with Gasteiger partial charge in [-0.3, -0.25) is 0 Å². The minimum atomic E-state index is -3.13. The van der Waals surface area contributed by atoms with Crippen LogP contribution in [-0.2, 0) is 5.92 Å². The van der Waals surface area contributed by atoms with Crippen molar-refractivity contribution >= 4 is 15.9 Å². The molecule has 0 bridgehead atoms. The zero-order valence-electron chi connectivity index (χ0n) is 7.17. The Bertz CT molecular complexity index is 329. The molecule has 0 unspecified atom stereocenters. The molecule has 5 heteroatoms. The summed E-state index contributed by atoms with van der Waals surface area (Å²) < 4.78 is 26.8. The third kappa shape index (κ3) is 2.42. The normalized spacial score (nSPS) is 11.7. The average Bonchev–Trinajstić information content (AvgIpc) is 2.09. The number of alkyl halides is 2. The Morgan fingerprint density at radius 2 is 2.00 bits per heavy atom. The molecule has 2 N–H and O–H groups in total. The average molecular weight is 267 g/mol. The molecule has 1 rings (SSSR count). The quantitative estimate of drug-likeness (QED) is 0.883. The summed E-state index contributed by atoms with van der Waals surface area (Å²) in [5, 5.41) is 17.5. The van der Waals surface area contributed by atoms with Crippen molar-refractivity contribution in [3.8, 4) is 5.75 Å². The van der Waals surface area contributed by atoms with E-state index >= 15 is 0 Å². The third-order valence-electron chi connectivity index (χ3n) is 1.77. The lowest BCUT2D eigenvalue weighted by Gasteiger charge is -2.17. The highest BCUT2D eigenvalue weighted by Gasteiger charge is 2.33. The topological polar surface area (TPSA) is 40.5 Å². The fourth-order valence-electron chi connectivity index (χ4n) is 1.07. The number of rotatable bonds is 3. The number of hydrogen-bond donors (Lipinski definition) is 2. The summed E-state index contributed by atoms with van der Waals surface area (Å²) in [7, 11) is 0. The number of benzene rings is 1. The van der Waals surface area contributed by atoms with Gasteiger partial charge in [0.1, 0.15) is 5.75 Å². The van der Waals surface area contributed by atoms with Crippen molar-refractivity contribution in [1.82, 2.24) is 0 Å². The lowest BCUT2D eigenvalue weighted by Crippen LogP contribution is -2.15. The van der Waals surface area contributed by atoms with Gasteiger partial charge in [0.05, 0.1) is 0 Å². The standard InChI is InChI=1S/C9H9BrF2O2/c10-8-2-1-6(14)5-7(8)9(11,12)3-4-13/h1-2,5,13-14H,3-4H2. The zero-order valence-corrected chi connectivity index (χ0v) is 8.76. The van der Waals surface area contributed by atoms with E-state index in [2.05, 4.69) is 15.9 Å². The van der Waals surface area contributed by atoms with Crippen LogP contribution in [-0.4, -0.2) is 16.8 Å². The second-order valence-electron chi connectivity index (χ2n) is 2.84. The van der Waals surface area contributed by atoms with Crippen molar-refractivity contribution in [2.24, 2.45) is 0 Å². The maximum absolute atomic E-state index is 13.3. The van der Waals surface area contributed by atoms with E-state index in [4.69, 9.17) is 10.2 Å². The molecule has 0 aliphatic carbocycles. The van der Waals surface area contributed by atoms with Gasteiger partial charge in [-0.25, -0.2) is 8.78 Å². The van der Waals surface area contributed by atoms with Gasteiger partial charge < -0.3 is 10.2 Å². The highest BCUT2D eigenvalue weighted by Crippen LogP contribution is 2.37. The molecule has 0 heterocycles. The Morgan fingerprint density at radius 1 is 1.36 bits per heavy atom. The van der Waals surface area contributed by atoms with Crippen molar-refractivity contribution < 1.29 is 19.0 Å². The van der Waals surface area contributed by atoms with E-state index in [1.165, 1.54) is 12.1 Å². The van der Waals surface area contributed by atoms with Crippen LogP contribution in [0, 0.1) is 0 Å². The van der Waals surface area contributed by atoms with Crippen molar-refractivity contribution in [2.45, 2.75) is 12.3 Å². The summed E-state index contributed by atoms with van der Waals surface area (Å²) >= 11 is 2.96. The summed E-state index contributed by atoms with van der Waals surface area (Å²) in [5.41, 5.74) is -0.313. The minimum Gasteiger partial charge on any atom is -0.508 e. The number of phenols is 1. The molecule has 0 aliphatic heterocycles. The Balaban J connectivity index is 3.10.